The van der Waals surface area contributed by atoms with Crippen LogP contribution < -0.4 is 5.32 Å². The van der Waals surface area contributed by atoms with Crippen LogP contribution in [0.15, 0.2) is 0 Å². The highest BCUT2D eigenvalue weighted by Crippen LogP contribution is 2.27. The van der Waals surface area contributed by atoms with E-state index in [1.165, 1.54) is 32.8 Å². The topological polar surface area (TPSA) is 38.3 Å². The molecule has 88 valence electrons. The third-order valence-corrected chi connectivity index (χ3v) is 3.46. The zero-order valence-corrected chi connectivity index (χ0v) is 10.1. The first-order valence-electron chi connectivity index (χ1n) is 6.03. The predicted octanol–water partition coefficient (Wildman–Crippen LogP) is 2.11. The molecule has 3 nitrogen and oxygen atoms in total. The Kier molecular flexibility index (Phi) is 5.09. The van der Waals surface area contributed by atoms with Gasteiger partial charge in [0.2, 0.25) is 0 Å². The van der Waals surface area contributed by atoms with Crippen molar-refractivity contribution in [2.75, 3.05) is 7.11 Å². The van der Waals surface area contributed by atoms with E-state index in [1.54, 1.807) is 0 Å². The minimum absolute atomic E-state index is 0.134. The van der Waals surface area contributed by atoms with Gasteiger partial charge in [0.25, 0.3) is 0 Å². The number of carbonyl (C=O) groups excluding carboxylic acids is 1. The molecule has 0 amide bonds. The van der Waals surface area contributed by atoms with E-state index in [0.29, 0.717) is 6.04 Å². The molecule has 0 spiro atoms. The molecule has 0 aliphatic heterocycles. The summed E-state index contributed by atoms with van der Waals surface area (Å²) < 4.78 is 4.77. The van der Waals surface area contributed by atoms with Crippen molar-refractivity contribution in [2.45, 2.75) is 58.0 Å². The van der Waals surface area contributed by atoms with Gasteiger partial charge in [-0.2, -0.15) is 0 Å². The maximum Gasteiger partial charge on any atom is 0.322 e. The maximum absolute atomic E-state index is 11.4. The molecular weight excluding hydrogens is 190 g/mol. The van der Waals surface area contributed by atoms with Crippen molar-refractivity contribution in [3.63, 3.8) is 0 Å². The molecule has 1 saturated carbocycles. The lowest BCUT2D eigenvalue weighted by Crippen LogP contribution is -2.44. The Balaban J connectivity index is 2.39. The fraction of sp³-hybridized carbons (Fsp3) is 0.917. The number of hydrogen-bond acceptors (Lipinski definition) is 3. The van der Waals surface area contributed by atoms with Gasteiger partial charge in [0.15, 0.2) is 0 Å². The number of esters is 1. The van der Waals surface area contributed by atoms with Gasteiger partial charge in [-0.3, -0.25) is 4.79 Å². The minimum Gasteiger partial charge on any atom is -0.468 e. The van der Waals surface area contributed by atoms with Crippen LogP contribution in [-0.2, 0) is 9.53 Å². The van der Waals surface area contributed by atoms with Crippen LogP contribution in [-0.4, -0.2) is 25.2 Å². The number of ether oxygens (including phenoxy) is 1. The Morgan fingerprint density at radius 2 is 2.07 bits per heavy atom. The summed E-state index contributed by atoms with van der Waals surface area (Å²) in [6.45, 7) is 4.19. The van der Waals surface area contributed by atoms with Gasteiger partial charge < -0.3 is 10.1 Å². The molecule has 0 aromatic carbocycles. The molecule has 0 heterocycles. The second-order valence-electron chi connectivity index (χ2n) is 4.48. The number of rotatable bonds is 5. The van der Waals surface area contributed by atoms with Crippen molar-refractivity contribution >= 4 is 5.97 Å². The lowest BCUT2D eigenvalue weighted by atomic mass is 9.98. The van der Waals surface area contributed by atoms with E-state index in [9.17, 15) is 4.79 Å². The average molecular weight is 213 g/mol. The third kappa shape index (κ3) is 3.49. The summed E-state index contributed by atoms with van der Waals surface area (Å²) in [5.74, 6) is 0.603. The van der Waals surface area contributed by atoms with E-state index < -0.39 is 0 Å². The average Bonchev–Trinajstić information content (AvgIpc) is 2.77. The van der Waals surface area contributed by atoms with Crippen LogP contribution in [0.25, 0.3) is 0 Å². The van der Waals surface area contributed by atoms with E-state index in [0.717, 1.165) is 12.3 Å². The second-order valence-corrected chi connectivity index (χ2v) is 4.48. The Hall–Kier alpha value is -0.570. The van der Waals surface area contributed by atoms with E-state index >= 15 is 0 Å². The Morgan fingerprint density at radius 3 is 2.53 bits per heavy atom. The van der Waals surface area contributed by atoms with E-state index in [-0.39, 0.29) is 12.0 Å². The van der Waals surface area contributed by atoms with Gasteiger partial charge in [-0.05, 0) is 32.1 Å². The lowest BCUT2D eigenvalue weighted by Gasteiger charge is -2.24. The summed E-state index contributed by atoms with van der Waals surface area (Å²) >= 11 is 0. The summed E-state index contributed by atoms with van der Waals surface area (Å²) in [5, 5.41) is 3.38. The highest BCUT2D eigenvalue weighted by atomic mass is 16.5. The van der Waals surface area contributed by atoms with Crippen molar-refractivity contribution < 1.29 is 9.53 Å². The third-order valence-electron chi connectivity index (χ3n) is 3.46. The molecule has 15 heavy (non-hydrogen) atoms. The normalized spacial score (nSPS) is 21.3. The number of hydrogen-bond donors (Lipinski definition) is 1. The molecule has 1 fully saturated rings. The second kappa shape index (κ2) is 6.11. The molecule has 0 aromatic rings. The van der Waals surface area contributed by atoms with Crippen LogP contribution in [0, 0.1) is 5.92 Å². The van der Waals surface area contributed by atoms with E-state index in [1.807, 2.05) is 6.92 Å². The van der Waals surface area contributed by atoms with Crippen LogP contribution >= 0.6 is 0 Å². The molecule has 3 heteroatoms. The molecule has 0 bridgehead atoms. The summed E-state index contributed by atoms with van der Waals surface area (Å²) in [6, 6.07) is 0.294. The molecular formula is C12H23NO2. The fourth-order valence-corrected chi connectivity index (χ4v) is 2.41. The van der Waals surface area contributed by atoms with Crippen LogP contribution in [0.3, 0.4) is 0 Å². The molecule has 2 atom stereocenters. The van der Waals surface area contributed by atoms with Crippen molar-refractivity contribution in [1.29, 1.82) is 0 Å². The first kappa shape index (κ1) is 12.5. The number of nitrogens with one attached hydrogen (secondary N) is 1. The summed E-state index contributed by atoms with van der Waals surface area (Å²) in [7, 11) is 1.45. The van der Waals surface area contributed by atoms with Gasteiger partial charge in [-0.1, -0.05) is 19.8 Å². The first-order chi connectivity index (χ1) is 7.19. The molecule has 1 N–H and O–H groups in total. The highest BCUT2D eigenvalue weighted by Gasteiger charge is 2.25. The smallest absolute Gasteiger partial charge is 0.322 e. The van der Waals surface area contributed by atoms with Crippen molar-refractivity contribution in [1.82, 2.24) is 5.32 Å². The first-order valence-corrected chi connectivity index (χ1v) is 6.03. The summed E-state index contributed by atoms with van der Waals surface area (Å²) in [6.07, 6.45) is 6.07. The van der Waals surface area contributed by atoms with Gasteiger partial charge in [0.1, 0.15) is 6.04 Å². The highest BCUT2D eigenvalue weighted by molar-refractivity contribution is 5.75. The Bertz CT molecular complexity index is 200. The standard InChI is InChI=1S/C12H23NO2/c1-4-11(12(14)15-3)13-9(2)10-7-5-6-8-10/h9-11,13H,4-8H2,1-3H3/t9-,11?/m1/s1. The van der Waals surface area contributed by atoms with E-state index in [2.05, 4.69) is 12.2 Å². The van der Waals surface area contributed by atoms with Gasteiger partial charge in [-0.25, -0.2) is 0 Å². The van der Waals surface area contributed by atoms with Crippen molar-refractivity contribution in [2.24, 2.45) is 5.92 Å². The number of methoxy groups -OCH3 is 1. The van der Waals surface area contributed by atoms with Crippen LogP contribution in [0.4, 0.5) is 0 Å². The fourth-order valence-electron chi connectivity index (χ4n) is 2.41. The molecule has 0 radical (unpaired) electrons. The predicted molar refractivity (Wildman–Crippen MR) is 60.7 cm³/mol. The zero-order valence-electron chi connectivity index (χ0n) is 10.1. The molecule has 1 unspecified atom stereocenters. The molecule has 1 aliphatic rings. The summed E-state index contributed by atoms with van der Waals surface area (Å²) in [4.78, 5) is 11.4. The van der Waals surface area contributed by atoms with Crippen LogP contribution in [0.1, 0.15) is 46.0 Å². The quantitative estimate of drug-likeness (QED) is 0.711. The largest absolute Gasteiger partial charge is 0.468 e. The van der Waals surface area contributed by atoms with E-state index in [4.69, 9.17) is 4.74 Å². The maximum atomic E-state index is 11.4. The van der Waals surface area contributed by atoms with Gasteiger partial charge >= 0.3 is 5.97 Å². The van der Waals surface area contributed by atoms with Crippen molar-refractivity contribution in [3.8, 4) is 0 Å². The monoisotopic (exact) mass is 213 g/mol. The van der Waals surface area contributed by atoms with Gasteiger partial charge in [0.05, 0.1) is 7.11 Å². The van der Waals surface area contributed by atoms with Crippen LogP contribution in [0.5, 0.6) is 0 Å². The van der Waals surface area contributed by atoms with Crippen LogP contribution in [0.2, 0.25) is 0 Å². The lowest BCUT2D eigenvalue weighted by molar-refractivity contribution is -0.143. The van der Waals surface area contributed by atoms with Gasteiger partial charge in [-0.15, -0.1) is 0 Å². The molecule has 1 aliphatic carbocycles. The zero-order chi connectivity index (χ0) is 11.3. The minimum atomic E-state index is -0.137. The van der Waals surface area contributed by atoms with Crippen molar-refractivity contribution in [3.05, 3.63) is 0 Å². The molecule has 0 saturated heterocycles. The molecule has 0 aromatic heterocycles. The Labute approximate surface area is 92.6 Å². The SMILES string of the molecule is CCC(N[C@H](C)C1CCCC1)C(=O)OC. The van der Waals surface area contributed by atoms with Gasteiger partial charge in [0, 0.05) is 6.04 Å². The molecule has 1 rings (SSSR count). The Morgan fingerprint density at radius 1 is 1.47 bits per heavy atom. The number of carbonyl (C=O) groups is 1. The summed E-state index contributed by atoms with van der Waals surface area (Å²) in [5.41, 5.74) is 0.